The Morgan fingerprint density at radius 2 is 1.64 bits per heavy atom. The molecule has 0 aliphatic heterocycles. The highest BCUT2D eigenvalue weighted by molar-refractivity contribution is 6.30. The predicted molar refractivity (Wildman–Crippen MR) is 107 cm³/mol. The lowest BCUT2D eigenvalue weighted by molar-refractivity contribution is -0.153. The van der Waals surface area contributed by atoms with E-state index in [-0.39, 0.29) is 18.6 Å². The molecule has 6 nitrogen and oxygen atoms in total. The highest BCUT2D eigenvalue weighted by atomic mass is 35.5. The van der Waals surface area contributed by atoms with Gasteiger partial charge in [0.2, 0.25) is 0 Å². The van der Waals surface area contributed by atoms with Gasteiger partial charge in [0, 0.05) is 22.7 Å². The first kappa shape index (κ1) is 21.4. The molecular weight excluding hydrogens is 382 g/mol. The van der Waals surface area contributed by atoms with Crippen molar-refractivity contribution in [3.8, 4) is 5.75 Å². The number of benzene rings is 2. The summed E-state index contributed by atoms with van der Waals surface area (Å²) in [6, 6.07) is 13.3. The molecule has 0 saturated carbocycles. The number of nitrogens with one attached hydrogen (secondary N) is 1. The number of carbonyl (C=O) groups excluding carboxylic acids is 3. The van der Waals surface area contributed by atoms with Crippen molar-refractivity contribution in [2.45, 2.75) is 32.8 Å². The topological polar surface area (TPSA) is 81.7 Å². The lowest BCUT2D eigenvalue weighted by Gasteiger charge is -2.13. The summed E-state index contributed by atoms with van der Waals surface area (Å²) in [5.41, 5.74) is 1.03. The van der Waals surface area contributed by atoms with E-state index in [2.05, 4.69) is 5.32 Å². The van der Waals surface area contributed by atoms with Crippen LogP contribution in [0, 0.1) is 0 Å². The summed E-state index contributed by atoms with van der Waals surface area (Å²) in [6.45, 7) is 3.89. The molecule has 0 bridgehead atoms. The van der Waals surface area contributed by atoms with E-state index < -0.39 is 18.0 Å². The number of hydrogen-bond donors (Lipinski definition) is 1. The first-order chi connectivity index (χ1) is 13.4. The van der Waals surface area contributed by atoms with E-state index in [1.54, 1.807) is 48.5 Å². The minimum atomic E-state index is -0.983. The molecule has 28 heavy (non-hydrogen) atoms. The van der Waals surface area contributed by atoms with Gasteiger partial charge in [0.1, 0.15) is 5.75 Å². The normalized spacial score (nSPS) is 11.4. The van der Waals surface area contributed by atoms with Crippen LogP contribution in [0.1, 0.15) is 37.0 Å². The maximum atomic E-state index is 12.2. The largest absolute Gasteiger partial charge is 0.494 e. The molecule has 0 saturated heterocycles. The molecule has 0 spiro atoms. The molecular formula is C21H22ClNO5. The van der Waals surface area contributed by atoms with Crippen LogP contribution >= 0.6 is 11.6 Å². The standard InChI is InChI=1S/C21H22ClNO5/c1-3-27-18-10-4-15(5-11-18)19(24)12-13-20(25)28-14(2)21(26)23-17-8-6-16(22)7-9-17/h4-11,14H,3,12-13H2,1-2H3,(H,23,26)/t14-/m0/s1. The van der Waals surface area contributed by atoms with Gasteiger partial charge < -0.3 is 14.8 Å². The molecule has 2 rings (SSSR count). The molecule has 2 aromatic rings. The van der Waals surface area contributed by atoms with E-state index in [4.69, 9.17) is 21.1 Å². The van der Waals surface area contributed by atoms with Crippen molar-refractivity contribution in [3.63, 3.8) is 0 Å². The second-order valence-electron chi connectivity index (χ2n) is 6.01. The van der Waals surface area contributed by atoms with Gasteiger partial charge in [-0.25, -0.2) is 0 Å². The summed E-state index contributed by atoms with van der Waals surface area (Å²) >= 11 is 5.79. The fourth-order valence-corrected chi connectivity index (χ4v) is 2.48. The maximum absolute atomic E-state index is 12.2. The first-order valence-electron chi connectivity index (χ1n) is 8.91. The summed E-state index contributed by atoms with van der Waals surface area (Å²) < 4.78 is 10.4. The van der Waals surface area contributed by atoms with E-state index in [0.29, 0.717) is 28.6 Å². The molecule has 0 radical (unpaired) electrons. The number of carbonyl (C=O) groups is 3. The number of Topliss-reactive ketones (excluding diaryl/α,β-unsaturated/α-hetero) is 1. The van der Waals surface area contributed by atoms with Crippen LogP contribution in [0.25, 0.3) is 0 Å². The summed E-state index contributed by atoms with van der Waals surface area (Å²) in [6.07, 6.45) is -1.09. The van der Waals surface area contributed by atoms with Crippen molar-refractivity contribution in [1.82, 2.24) is 0 Å². The van der Waals surface area contributed by atoms with Gasteiger partial charge in [-0.3, -0.25) is 14.4 Å². The van der Waals surface area contributed by atoms with Crippen LogP contribution < -0.4 is 10.1 Å². The average Bonchev–Trinajstić information content (AvgIpc) is 2.68. The minimum absolute atomic E-state index is 0.00165. The Bertz CT molecular complexity index is 818. The van der Waals surface area contributed by atoms with Gasteiger partial charge in [-0.15, -0.1) is 0 Å². The van der Waals surface area contributed by atoms with Crippen molar-refractivity contribution in [2.75, 3.05) is 11.9 Å². The van der Waals surface area contributed by atoms with Gasteiger partial charge in [-0.05, 0) is 62.4 Å². The number of esters is 1. The van der Waals surface area contributed by atoms with Crippen LogP contribution in [0.4, 0.5) is 5.69 Å². The third-order valence-corrected chi connectivity index (χ3v) is 4.08. The number of rotatable bonds is 9. The van der Waals surface area contributed by atoms with E-state index in [0.717, 1.165) is 0 Å². The summed E-state index contributed by atoms with van der Waals surface area (Å²) in [5, 5.41) is 3.18. The zero-order chi connectivity index (χ0) is 20.5. The lowest BCUT2D eigenvalue weighted by Crippen LogP contribution is -2.30. The van der Waals surface area contributed by atoms with Gasteiger partial charge in [0.05, 0.1) is 13.0 Å². The molecule has 0 aliphatic carbocycles. The summed E-state index contributed by atoms with van der Waals surface area (Å²) in [4.78, 5) is 36.2. The molecule has 1 N–H and O–H groups in total. The van der Waals surface area contributed by atoms with Crippen LogP contribution in [0.2, 0.25) is 5.02 Å². The highest BCUT2D eigenvalue weighted by Gasteiger charge is 2.19. The molecule has 148 valence electrons. The molecule has 0 heterocycles. The molecule has 0 aliphatic rings. The number of anilines is 1. The molecule has 2 aromatic carbocycles. The van der Waals surface area contributed by atoms with Gasteiger partial charge in [0.15, 0.2) is 11.9 Å². The second-order valence-corrected chi connectivity index (χ2v) is 6.45. The van der Waals surface area contributed by atoms with Crippen LogP contribution in [-0.2, 0) is 14.3 Å². The third kappa shape index (κ3) is 6.70. The van der Waals surface area contributed by atoms with Gasteiger partial charge in [-0.2, -0.15) is 0 Å². The zero-order valence-corrected chi connectivity index (χ0v) is 16.5. The number of halogens is 1. The molecule has 0 unspecified atom stereocenters. The lowest BCUT2D eigenvalue weighted by atomic mass is 10.1. The fraction of sp³-hybridized carbons (Fsp3) is 0.286. The summed E-state index contributed by atoms with van der Waals surface area (Å²) in [5.74, 6) is -0.580. The smallest absolute Gasteiger partial charge is 0.307 e. The van der Waals surface area contributed by atoms with Crippen LogP contribution in [-0.4, -0.2) is 30.4 Å². The molecule has 7 heteroatoms. The average molecular weight is 404 g/mol. The quantitative estimate of drug-likeness (QED) is 0.499. The van der Waals surface area contributed by atoms with Gasteiger partial charge in [0.25, 0.3) is 5.91 Å². The van der Waals surface area contributed by atoms with Crippen LogP contribution in [0.3, 0.4) is 0 Å². The van der Waals surface area contributed by atoms with Crippen LogP contribution in [0.15, 0.2) is 48.5 Å². The highest BCUT2D eigenvalue weighted by Crippen LogP contribution is 2.15. The Labute approximate surface area is 168 Å². The van der Waals surface area contributed by atoms with E-state index >= 15 is 0 Å². The van der Waals surface area contributed by atoms with Crippen molar-refractivity contribution in [3.05, 3.63) is 59.1 Å². The SMILES string of the molecule is CCOc1ccc(C(=O)CCC(=O)O[C@@H](C)C(=O)Nc2ccc(Cl)cc2)cc1. The maximum Gasteiger partial charge on any atom is 0.307 e. The first-order valence-corrected chi connectivity index (χ1v) is 9.28. The Morgan fingerprint density at radius 1 is 1.00 bits per heavy atom. The van der Waals surface area contributed by atoms with Crippen molar-refractivity contribution < 1.29 is 23.9 Å². The summed E-state index contributed by atoms with van der Waals surface area (Å²) in [7, 11) is 0. The number of hydrogen-bond acceptors (Lipinski definition) is 5. The van der Waals surface area contributed by atoms with E-state index in [9.17, 15) is 14.4 Å². The van der Waals surface area contributed by atoms with Crippen molar-refractivity contribution in [1.29, 1.82) is 0 Å². The minimum Gasteiger partial charge on any atom is -0.494 e. The number of ether oxygens (including phenoxy) is 2. The Hall–Kier alpha value is -2.86. The number of amides is 1. The Morgan fingerprint density at radius 3 is 2.25 bits per heavy atom. The molecule has 0 aromatic heterocycles. The second kappa shape index (κ2) is 10.5. The van der Waals surface area contributed by atoms with Crippen LogP contribution in [0.5, 0.6) is 5.75 Å². The fourth-order valence-electron chi connectivity index (χ4n) is 2.35. The van der Waals surface area contributed by atoms with Gasteiger partial charge >= 0.3 is 5.97 Å². The Balaban J connectivity index is 1.78. The zero-order valence-electron chi connectivity index (χ0n) is 15.7. The van der Waals surface area contributed by atoms with Crippen molar-refractivity contribution in [2.24, 2.45) is 0 Å². The number of ketones is 1. The van der Waals surface area contributed by atoms with E-state index in [1.165, 1.54) is 6.92 Å². The third-order valence-electron chi connectivity index (χ3n) is 3.83. The van der Waals surface area contributed by atoms with E-state index in [1.807, 2.05) is 6.92 Å². The molecule has 1 atom stereocenters. The molecule has 0 fully saturated rings. The molecule has 1 amide bonds. The Kier molecular flexibility index (Phi) is 8.02. The van der Waals surface area contributed by atoms with Gasteiger partial charge in [-0.1, -0.05) is 11.6 Å². The predicted octanol–water partition coefficient (Wildman–Crippen LogP) is 4.27. The monoisotopic (exact) mass is 403 g/mol. The van der Waals surface area contributed by atoms with Crippen molar-refractivity contribution >= 4 is 34.9 Å².